The smallest absolute Gasteiger partial charge is 0.305 e. The second-order valence-corrected chi connectivity index (χ2v) is 8.60. The number of hydrogen-bond donors (Lipinski definition) is 0. The number of ether oxygens (including phenoxy) is 5. The van der Waals surface area contributed by atoms with Gasteiger partial charge in [-0.05, 0) is 23.6 Å². The lowest BCUT2D eigenvalue weighted by Gasteiger charge is -2.44. The topological polar surface area (TPSA) is 63.2 Å². The maximum Gasteiger partial charge on any atom is 0.305 e. The predicted octanol–water partition coefficient (Wildman–Crippen LogP) is 5.05. The van der Waals surface area contributed by atoms with Gasteiger partial charge in [-0.25, -0.2) is 0 Å². The Morgan fingerprint density at radius 1 is 0.657 bits per heavy atom. The number of hydrogen-bond acceptors (Lipinski definition) is 6. The number of benzene rings is 3. The van der Waals surface area contributed by atoms with Gasteiger partial charge in [0.05, 0.1) is 25.9 Å². The average molecular weight is 477 g/mol. The zero-order valence-electron chi connectivity index (χ0n) is 20.1. The van der Waals surface area contributed by atoms with Crippen LogP contribution in [0.15, 0.2) is 91.0 Å². The summed E-state index contributed by atoms with van der Waals surface area (Å²) >= 11 is 0. The van der Waals surface area contributed by atoms with Crippen LogP contribution in [0.4, 0.5) is 0 Å². The maximum absolute atomic E-state index is 11.9. The Bertz CT molecular complexity index is 1030. The molecule has 1 fully saturated rings. The maximum atomic E-state index is 11.9. The Labute approximate surface area is 206 Å². The molecule has 0 aromatic heterocycles. The third-order valence-corrected chi connectivity index (χ3v) is 5.87. The zero-order valence-corrected chi connectivity index (χ0v) is 20.1. The molecule has 0 saturated carbocycles. The predicted molar refractivity (Wildman–Crippen MR) is 131 cm³/mol. The summed E-state index contributed by atoms with van der Waals surface area (Å²) in [5, 5.41) is 0. The molecule has 1 unspecified atom stereocenters. The molecule has 6 nitrogen and oxygen atoms in total. The number of rotatable bonds is 10. The molecule has 0 bridgehead atoms. The van der Waals surface area contributed by atoms with E-state index in [2.05, 4.69) is 0 Å². The quantitative estimate of drug-likeness (QED) is 0.382. The van der Waals surface area contributed by atoms with Gasteiger partial charge in [0.25, 0.3) is 0 Å². The van der Waals surface area contributed by atoms with Crippen molar-refractivity contribution < 1.29 is 28.5 Å². The van der Waals surface area contributed by atoms with E-state index in [9.17, 15) is 4.79 Å². The molecule has 1 saturated heterocycles. The van der Waals surface area contributed by atoms with Gasteiger partial charge in [0.2, 0.25) is 6.29 Å². The first-order valence-electron chi connectivity index (χ1n) is 11.9. The van der Waals surface area contributed by atoms with E-state index in [0.29, 0.717) is 19.8 Å². The first-order valence-corrected chi connectivity index (χ1v) is 11.9. The van der Waals surface area contributed by atoms with Crippen LogP contribution in [0, 0.1) is 0 Å². The molecule has 6 heteroatoms. The summed E-state index contributed by atoms with van der Waals surface area (Å²) < 4.78 is 30.7. The van der Waals surface area contributed by atoms with Gasteiger partial charge in [0.15, 0.2) is 0 Å². The molecule has 0 aliphatic carbocycles. The molecule has 0 N–H and O–H groups in total. The molecule has 0 amide bonds. The average Bonchev–Trinajstić information content (AvgIpc) is 2.88. The van der Waals surface area contributed by atoms with Gasteiger partial charge >= 0.3 is 5.97 Å². The van der Waals surface area contributed by atoms with E-state index < -0.39 is 30.6 Å². The first-order chi connectivity index (χ1) is 17.1. The molecule has 35 heavy (non-hydrogen) atoms. The molecule has 4 rings (SSSR count). The van der Waals surface area contributed by atoms with Crippen molar-refractivity contribution in [1.29, 1.82) is 0 Å². The van der Waals surface area contributed by atoms with Crippen molar-refractivity contribution >= 4 is 5.97 Å². The first kappa shape index (κ1) is 25.1. The summed E-state index contributed by atoms with van der Waals surface area (Å²) in [4.78, 5) is 11.9. The summed E-state index contributed by atoms with van der Waals surface area (Å²) in [5.74, 6) is -0.444. The van der Waals surface area contributed by atoms with Crippen LogP contribution in [-0.2, 0) is 48.3 Å². The highest BCUT2D eigenvalue weighted by atomic mass is 16.7. The van der Waals surface area contributed by atoms with Crippen LogP contribution in [0.2, 0.25) is 0 Å². The van der Waals surface area contributed by atoms with Crippen molar-refractivity contribution in [2.24, 2.45) is 0 Å². The standard InChI is InChI=1S/C29H32O6/c1-21-26(31-18-23-12-6-3-7-13-23)27(32-19-24-14-8-4-9-15-24)28(29(34-21)35-22(2)30)33-20-25-16-10-5-11-17-25/h3-17,21,26-29H,18-20H2,1-2H3/t21-,26-,27+,28+,29?/m0/s1. The minimum absolute atomic E-state index is 0.317. The van der Waals surface area contributed by atoms with Crippen molar-refractivity contribution in [3.05, 3.63) is 108 Å². The number of esters is 1. The minimum atomic E-state index is -0.913. The van der Waals surface area contributed by atoms with Crippen LogP contribution in [0.3, 0.4) is 0 Å². The Balaban J connectivity index is 1.57. The molecule has 0 radical (unpaired) electrons. The fourth-order valence-electron chi connectivity index (χ4n) is 4.13. The lowest BCUT2D eigenvalue weighted by atomic mass is 9.98. The SMILES string of the molecule is CC(=O)OC1O[C@@H](C)[C@H](OCc2ccccc2)[C@@H](OCc2ccccc2)[C@H]1OCc1ccccc1. The highest BCUT2D eigenvalue weighted by molar-refractivity contribution is 5.66. The van der Waals surface area contributed by atoms with Crippen molar-refractivity contribution in [2.75, 3.05) is 0 Å². The molecule has 1 aliphatic heterocycles. The van der Waals surface area contributed by atoms with Gasteiger partial charge in [0.1, 0.15) is 18.3 Å². The van der Waals surface area contributed by atoms with E-state index in [1.807, 2.05) is 97.9 Å². The van der Waals surface area contributed by atoms with E-state index in [4.69, 9.17) is 23.7 Å². The summed E-state index contributed by atoms with van der Waals surface area (Å²) in [6.07, 6.45) is -2.95. The molecule has 1 heterocycles. The molecular formula is C29H32O6. The fraction of sp³-hybridized carbons (Fsp3) is 0.345. The van der Waals surface area contributed by atoms with E-state index >= 15 is 0 Å². The number of carbonyl (C=O) groups excluding carboxylic acids is 1. The molecule has 3 aromatic carbocycles. The van der Waals surface area contributed by atoms with Crippen LogP contribution < -0.4 is 0 Å². The second-order valence-electron chi connectivity index (χ2n) is 8.60. The van der Waals surface area contributed by atoms with Crippen molar-refractivity contribution in [2.45, 2.75) is 64.4 Å². The van der Waals surface area contributed by atoms with Crippen molar-refractivity contribution in [1.82, 2.24) is 0 Å². The van der Waals surface area contributed by atoms with Gasteiger partial charge in [-0.2, -0.15) is 0 Å². The highest BCUT2D eigenvalue weighted by Gasteiger charge is 2.48. The van der Waals surface area contributed by atoms with Crippen molar-refractivity contribution in [3.63, 3.8) is 0 Å². The zero-order chi connectivity index (χ0) is 24.5. The van der Waals surface area contributed by atoms with Crippen LogP contribution in [0.25, 0.3) is 0 Å². The second kappa shape index (κ2) is 12.6. The molecular weight excluding hydrogens is 444 g/mol. The Morgan fingerprint density at radius 2 is 1.06 bits per heavy atom. The van der Waals surface area contributed by atoms with E-state index in [1.54, 1.807) is 0 Å². The van der Waals surface area contributed by atoms with E-state index in [0.717, 1.165) is 16.7 Å². The largest absolute Gasteiger partial charge is 0.433 e. The third kappa shape index (κ3) is 7.23. The van der Waals surface area contributed by atoms with Gasteiger partial charge < -0.3 is 23.7 Å². The van der Waals surface area contributed by atoms with Crippen molar-refractivity contribution in [3.8, 4) is 0 Å². The van der Waals surface area contributed by atoms with Gasteiger partial charge in [-0.1, -0.05) is 91.0 Å². The Morgan fingerprint density at radius 3 is 1.49 bits per heavy atom. The molecule has 0 spiro atoms. The Hall–Kier alpha value is -3.03. The van der Waals surface area contributed by atoms with Gasteiger partial charge in [0, 0.05) is 6.92 Å². The van der Waals surface area contributed by atoms with Gasteiger partial charge in [-0.3, -0.25) is 4.79 Å². The van der Waals surface area contributed by atoms with Crippen LogP contribution >= 0.6 is 0 Å². The fourth-order valence-corrected chi connectivity index (χ4v) is 4.13. The summed E-state index contributed by atoms with van der Waals surface area (Å²) in [7, 11) is 0. The molecule has 184 valence electrons. The molecule has 5 atom stereocenters. The molecule has 3 aromatic rings. The van der Waals surface area contributed by atoms with Crippen LogP contribution in [0.5, 0.6) is 0 Å². The lowest BCUT2D eigenvalue weighted by Crippen LogP contribution is -2.60. The van der Waals surface area contributed by atoms with Gasteiger partial charge in [-0.15, -0.1) is 0 Å². The van der Waals surface area contributed by atoms with Crippen LogP contribution in [0.1, 0.15) is 30.5 Å². The summed E-state index contributed by atoms with van der Waals surface area (Å²) in [6.45, 7) is 4.34. The minimum Gasteiger partial charge on any atom is -0.433 e. The number of carbonyl (C=O) groups is 1. The third-order valence-electron chi connectivity index (χ3n) is 5.87. The lowest BCUT2D eigenvalue weighted by molar-refractivity contribution is -0.311. The summed E-state index contributed by atoms with van der Waals surface area (Å²) in [6, 6.07) is 29.7. The van der Waals surface area contributed by atoms with E-state index in [-0.39, 0.29) is 6.10 Å². The normalized spacial score (nSPS) is 24.1. The summed E-state index contributed by atoms with van der Waals surface area (Å²) in [5.41, 5.74) is 3.07. The monoisotopic (exact) mass is 476 g/mol. The Kier molecular flexibility index (Phi) is 9.03. The van der Waals surface area contributed by atoms with E-state index in [1.165, 1.54) is 6.92 Å². The highest BCUT2D eigenvalue weighted by Crippen LogP contribution is 2.31. The molecule has 1 aliphatic rings. The van der Waals surface area contributed by atoms with Crippen LogP contribution in [-0.4, -0.2) is 36.7 Å².